The third-order valence-electron chi connectivity index (χ3n) is 7.58. The van der Waals surface area contributed by atoms with Gasteiger partial charge in [0.05, 0.1) is 5.03 Å². The molecule has 2 atom stereocenters. The molecule has 1 fully saturated rings. The number of allylic oxidation sites excluding steroid dienone is 1. The molecule has 0 spiro atoms. The number of fused-ring (bicyclic) bond motifs is 1. The lowest BCUT2D eigenvalue weighted by molar-refractivity contribution is -0.159. The number of nitrogens with one attached hydrogen (secondary N) is 1. The third kappa shape index (κ3) is 6.38. The fourth-order valence-corrected chi connectivity index (χ4v) is 7.90. The summed E-state index contributed by atoms with van der Waals surface area (Å²) in [5.74, 6) is -0.132. The maximum atomic E-state index is 14.3. The highest BCUT2D eigenvalue weighted by molar-refractivity contribution is 8.01. The van der Waals surface area contributed by atoms with Crippen molar-refractivity contribution in [3.05, 3.63) is 124 Å². The molecule has 6 rings (SSSR count). The molecule has 1 aromatic heterocycles. The summed E-state index contributed by atoms with van der Waals surface area (Å²) in [5.41, 5.74) is 2.17. The summed E-state index contributed by atoms with van der Waals surface area (Å²) in [4.78, 5) is 34.5. The van der Waals surface area contributed by atoms with Crippen molar-refractivity contribution >= 4 is 59.3 Å². The number of tetrazole rings is 1. The van der Waals surface area contributed by atoms with Crippen LogP contribution >= 0.6 is 35.1 Å². The van der Waals surface area contributed by atoms with Crippen molar-refractivity contribution in [2.75, 3.05) is 18.6 Å². The summed E-state index contributed by atoms with van der Waals surface area (Å²) >= 11 is 9.41. The van der Waals surface area contributed by atoms with Gasteiger partial charge in [0.2, 0.25) is 10.8 Å². The normalized spacial score (nSPS) is 19.8. The maximum absolute atomic E-state index is 14.3. The molecule has 0 unspecified atom stereocenters. The van der Waals surface area contributed by atoms with Crippen molar-refractivity contribution in [1.29, 1.82) is 0 Å². The highest BCUT2D eigenvalue weighted by Gasteiger charge is 2.64. The number of thioether (sulfide) groups is 2. The van der Waals surface area contributed by atoms with Gasteiger partial charge in [-0.05, 0) is 45.8 Å². The van der Waals surface area contributed by atoms with Crippen molar-refractivity contribution in [2.45, 2.75) is 22.3 Å². The summed E-state index contributed by atoms with van der Waals surface area (Å²) in [6.07, 6.45) is 2.57. The van der Waals surface area contributed by atoms with Crippen LogP contribution in [0.3, 0.4) is 0 Å². The van der Waals surface area contributed by atoms with E-state index in [1.165, 1.54) is 34.6 Å². The standard InChI is InChI=1S/C33H30ClN7O3S2/c1-35-33(36-19-26(34)18-22-12-6-3-7-13-22)30(43)41-27(25(20-45-31(33)41)21-46-32-37-38-39-40(32)2)29(42)44-28(23-14-8-4-9-15-23)24-16-10-5-11-17-24/h3-19,28,31,35H,20-21H2,1-2H3/t31-,33+/m0/s1. The molecule has 10 nitrogen and oxygen atoms in total. The summed E-state index contributed by atoms with van der Waals surface area (Å²) in [6.45, 7) is 0. The molecular formula is C33H30ClN7O3S2. The number of hydrogen-bond donors (Lipinski definition) is 1. The van der Waals surface area contributed by atoms with E-state index in [-0.39, 0.29) is 11.6 Å². The number of rotatable bonds is 11. The van der Waals surface area contributed by atoms with Gasteiger partial charge in [0.15, 0.2) is 6.10 Å². The number of likely N-dealkylation sites (N-methyl/N-ethyl adjacent to an activating group) is 1. The number of ether oxygens (including phenoxy) is 1. The lowest BCUT2D eigenvalue weighted by Crippen LogP contribution is -2.77. The second kappa shape index (κ2) is 14.0. The van der Waals surface area contributed by atoms with Gasteiger partial charge in [-0.25, -0.2) is 9.48 Å². The summed E-state index contributed by atoms with van der Waals surface area (Å²) in [6, 6.07) is 28.7. The molecule has 4 aromatic rings. The topological polar surface area (TPSA) is 115 Å². The maximum Gasteiger partial charge on any atom is 0.356 e. The van der Waals surface area contributed by atoms with Crippen LogP contribution in [0.2, 0.25) is 0 Å². The molecule has 3 aromatic carbocycles. The second-order valence-corrected chi connectivity index (χ2v) is 12.9. The lowest BCUT2D eigenvalue weighted by atomic mass is 9.96. The predicted molar refractivity (Wildman–Crippen MR) is 181 cm³/mol. The number of carbonyl (C=O) groups excluding carboxylic acids is 2. The first-order valence-electron chi connectivity index (χ1n) is 14.4. The number of halogens is 1. The Labute approximate surface area is 279 Å². The number of amides is 1. The first-order chi connectivity index (χ1) is 22.4. The molecule has 0 saturated carbocycles. The zero-order chi connectivity index (χ0) is 32.1. The highest BCUT2D eigenvalue weighted by atomic mass is 35.5. The molecule has 1 saturated heterocycles. The van der Waals surface area contributed by atoms with Crippen LogP contribution < -0.4 is 5.32 Å². The zero-order valence-corrected chi connectivity index (χ0v) is 27.4. The van der Waals surface area contributed by atoms with Crippen LogP contribution in [-0.2, 0) is 21.4 Å². The first kappa shape index (κ1) is 31.7. The Morgan fingerprint density at radius 2 is 1.74 bits per heavy atom. The number of aliphatic imine (C=N–C) groups is 1. The minimum atomic E-state index is -1.31. The Kier molecular flexibility index (Phi) is 9.69. The van der Waals surface area contributed by atoms with Gasteiger partial charge in [0.25, 0.3) is 5.91 Å². The summed E-state index contributed by atoms with van der Waals surface area (Å²) in [7, 11) is 3.43. The van der Waals surface area contributed by atoms with E-state index in [1.54, 1.807) is 24.9 Å². The number of aromatic nitrogens is 4. The van der Waals surface area contributed by atoms with E-state index in [2.05, 4.69) is 25.8 Å². The second-order valence-electron chi connectivity index (χ2n) is 10.5. The monoisotopic (exact) mass is 671 g/mol. The SMILES string of the molecule is CN[C@@]1(N=CC(Cl)=Cc2ccccc2)C(=O)N2C(C(=O)OC(c3ccccc3)c3ccccc3)=C(CSc3nnnn3C)CS[C@H]21. The molecule has 1 N–H and O–H groups in total. The fraction of sp³-hybridized carbons (Fsp3) is 0.212. The molecule has 0 radical (unpaired) electrons. The van der Waals surface area contributed by atoms with E-state index in [0.29, 0.717) is 21.7 Å². The van der Waals surface area contributed by atoms with Crippen LogP contribution in [0.4, 0.5) is 0 Å². The number of β-lactam (4-membered cyclic amide) rings is 1. The summed E-state index contributed by atoms with van der Waals surface area (Å²) in [5, 5.41) is 15.2. The number of hydrogen-bond acceptors (Lipinski definition) is 10. The Morgan fingerprint density at radius 3 is 2.33 bits per heavy atom. The van der Waals surface area contributed by atoms with Crippen LogP contribution in [0.5, 0.6) is 0 Å². The highest BCUT2D eigenvalue weighted by Crippen LogP contribution is 2.48. The first-order valence-corrected chi connectivity index (χ1v) is 16.8. The molecule has 2 aliphatic heterocycles. The van der Waals surface area contributed by atoms with Crippen molar-refractivity contribution in [3.63, 3.8) is 0 Å². The van der Waals surface area contributed by atoms with E-state index in [1.807, 2.05) is 91.0 Å². The Balaban J connectivity index is 1.33. The van der Waals surface area contributed by atoms with Gasteiger partial charge in [-0.2, -0.15) is 0 Å². The zero-order valence-electron chi connectivity index (χ0n) is 25.0. The fourth-order valence-electron chi connectivity index (χ4n) is 5.27. The van der Waals surface area contributed by atoms with Crippen LogP contribution in [0.1, 0.15) is 22.8 Å². The summed E-state index contributed by atoms with van der Waals surface area (Å²) < 4.78 is 7.84. The van der Waals surface area contributed by atoms with Gasteiger partial charge in [-0.1, -0.05) is 114 Å². The Hall–Kier alpha value is -4.23. The molecule has 13 heteroatoms. The Morgan fingerprint density at radius 1 is 1.11 bits per heavy atom. The molecule has 3 heterocycles. The number of aryl methyl sites for hydroxylation is 1. The molecule has 2 aliphatic rings. The van der Waals surface area contributed by atoms with E-state index in [0.717, 1.165) is 22.3 Å². The molecule has 46 heavy (non-hydrogen) atoms. The molecule has 0 bridgehead atoms. The molecule has 1 amide bonds. The van der Waals surface area contributed by atoms with Crippen LogP contribution in [0.15, 0.2) is 117 Å². The van der Waals surface area contributed by atoms with Gasteiger partial charge in [0, 0.05) is 24.8 Å². The van der Waals surface area contributed by atoms with Gasteiger partial charge in [0.1, 0.15) is 11.1 Å². The van der Waals surface area contributed by atoms with E-state index in [9.17, 15) is 9.59 Å². The van der Waals surface area contributed by atoms with E-state index in [4.69, 9.17) is 16.3 Å². The lowest BCUT2D eigenvalue weighted by Gasteiger charge is -2.55. The quantitative estimate of drug-likeness (QED) is 0.101. The smallest absolute Gasteiger partial charge is 0.356 e. The minimum Gasteiger partial charge on any atom is -0.448 e. The van der Waals surface area contributed by atoms with E-state index < -0.39 is 23.1 Å². The van der Waals surface area contributed by atoms with Crippen molar-refractivity contribution in [2.24, 2.45) is 12.0 Å². The molecule has 0 aliphatic carbocycles. The predicted octanol–water partition coefficient (Wildman–Crippen LogP) is 5.07. The van der Waals surface area contributed by atoms with Crippen molar-refractivity contribution in [1.82, 2.24) is 30.4 Å². The molecular weight excluding hydrogens is 642 g/mol. The number of benzene rings is 3. The number of esters is 1. The average Bonchev–Trinajstić information content (AvgIpc) is 3.51. The largest absolute Gasteiger partial charge is 0.448 e. The van der Waals surface area contributed by atoms with Crippen LogP contribution in [0, 0.1) is 0 Å². The van der Waals surface area contributed by atoms with Crippen LogP contribution in [-0.4, -0.2) is 72.8 Å². The molecule has 234 valence electrons. The average molecular weight is 672 g/mol. The minimum absolute atomic E-state index is 0.209. The van der Waals surface area contributed by atoms with Gasteiger partial charge in [-0.3, -0.25) is 20.0 Å². The number of nitrogens with zero attached hydrogens (tertiary/aromatic N) is 6. The van der Waals surface area contributed by atoms with Gasteiger partial charge < -0.3 is 4.74 Å². The van der Waals surface area contributed by atoms with Crippen LogP contribution in [0.25, 0.3) is 6.08 Å². The van der Waals surface area contributed by atoms with Crippen molar-refractivity contribution in [3.8, 4) is 0 Å². The van der Waals surface area contributed by atoms with E-state index >= 15 is 0 Å². The van der Waals surface area contributed by atoms with Gasteiger partial charge in [-0.15, -0.1) is 16.9 Å². The third-order valence-corrected chi connectivity index (χ3v) is 10.3. The van der Waals surface area contributed by atoms with Gasteiger partial charge >= 0.3 is 5.97 Å². The number of carbonyl (C=O) groups is 2. The van der Waals surface area contributed by atoms with Crippen molar-refractivity contribution < 1.29 is 14.3 Å². The Bertz CT molecular complexity index is 1760.